The van der Waals surface area contributed by atoms with Crippen molar-refractivity contribution in [2.45, 2.75) is 137 Å². The summed E-state index contributed by atoms with van der Waals surface area (Å²) < 4.78 is 8.86. The van der Waals surface area contributed by atoms with Crippen LogP contribution >= 0.6 is 22.6 Å². The Bertz CT molecular complexity index is 3240. The maximum atomic E-state index is 3.59. The van der Waals surface area contributed by atoms with Gasteiger partial charge in [-0.05, 0) is 139 Å². The molecule has 0 saturated heterocycles. The third kappa shape index (κ3) is 9.90. The van der Waals surface area contributed by atoms with Crippen molar-refractivity contribution in [1.29, 1.82) is 0 Å². The molecule has 0 spiro atoms. The van der Waals surface area contributed by atoms with Gasteiger partial charge in [0.2, 0.25) is 0 Å². The Morgan fingerprint density at radius 1 is 0.323 bits per heavy atom. The smallest absolute Gasteiger partial charge is 0.0492 e. The van der Waals surface area contributed by atoms with Crippen molar-refractivity contribution in [3.63, 3.8) is 0 Å². The molecule has 3 heterocycles. The summed E-state index contributed by atoms with van der Waals surface area (Å²) in [7, 11) is 0. The van der Waals surface area contributed by atoms with E-state index in [2.05, 4.69) is 196 Å². The van der Waals surface area contributed by atoms with E-state index in [9.17, 15) is 0 Å². The summed E-state index contributed by atoms with van der Waals surface area (Å²) in [6.45, 7) is 9.98. The third-order valence-corrected chi connectivity index (χ3v) is 14.3. The lowest BCUT2D eigenvalue weighted by molar-refractivity contribution is 0.584. The van der Waals surface area contributed by atoms with E-state index in [0.29, 0.717) is 0 Å². The molecule has 0 N–H and O–H groups in total. The second-order valence-electron chi connectivity index (χ2n) is 18.3. The molecule has 9 aromatic rings. The summed E-state index contributed by atoms with van der Waals surface area (Å²) in [5.74, 6) is 14.3. The Kier molecular flexibility index (Phi) is 14.6. The Hall–Kier alpha value is -5.43. The van der Waals surface area contributed by atoms with Gasteiger partial charge in [0, 0.05) is 111 Å². The topological polar surface area (TPSA) is 14.8 Å². The first kappa shape index (κ1) is 44.8. The van der Waals surface area contributed by atoms with E-state index in [-0.39, 0.29) is 0 Å². The molecule has 0 radical (unpaired) electrons. The van der Waals surface area contributed by atoms with Crippen LogP contribution in [0.1, 0.15) is 139 Å². The fraction of sp³-hybridized carbons (Fsp3) is 0.344. The lowest BCUT2D eigenvalue weighted by atomic mass is 10.1. The molecule has 3 nitrogen and oxygen atoms in total. The number of hydrogen-bond acceptors (Lipinski definition) is 0. The van der Waals surface area contributed by atoms with Crippen molar-refractivity contribution in [1.82, 2.24) is 13.7 Å². The molecule has 65 heavy (non-hydrogen) atoms. The number of aromatic nitrogens is 3. The average Bonchev–Trinajstić information content (AvgIpc) is 3.93. The second kappa shape index (κ2) is 21.3. The van der Waals surface area contributed by atoms with Crippen molar-refractivity contribution in [3.8, 4) is 23.7 Å². The van der Waals surface area contributed by atoms with E-state index in [1.807, 2.05) is 0 Å². The maximum absolute atomic E-state index is 3.59. The molecule has 0 aliphatic carbocycles. The summed E-state index contributed by atoms with van der Waals surface area (Å²) in [5.41, 5.74) is 12.0. The van der Waals surface area contributed by atoms with Gasteiger partial charge in [0.25, 0.3) is 0 Å². The van der Waals surface area contributed by atoms with Crippen LogP contribution in [-0.2, 0) is 19.6 Å². The predicted octanol–water partition coefficient (Wildman–Crippen LogP) is 17.3. The van der Waals surface area contributed by atoms with Crippen LogP contribution in [0.3, 0.4) is 0 Å². The number of nitrogens with zero attached hydrogens (tertiary/aromatic N) is 3. The largest absolute Gasteiger partial charge is 0.340 e. The first-order chi connectivity index (χ1) is 32.0. The highest BCUT2D eigenvalue weighted by atomic mass is 127. The molecule has 9 rings (SSSR count). The van der Waals surface area contributed by atoms with E-state index in [1.165, 1.54) is 165 Å². The summed E-state index contributed by atoms with van der Waals surface area (Å²) in [4.78, 5) is 0. The SMILES string of the molecule is CCCCCCCn1c2ccccc2c2cc(C#Cc3ccc4c(c3)c3cc(C#Cc5ccc6c(c5)c5cc(I)ccc5n6CCCCCCC)ccc3n4CCCCCCC)ccc21. The monoisotopic (exact) mass is 965 g/mol. The lowest BCUT2D eigenvalue weighted by Crippen LogP contribution is -1.98. The van der Waals surface area contributed by atoms with Crippen molar-refractivity contribution in [2.24, 2.45) is 0 Å². The molecule has 4 heteroatoms. The van der Waals surface area contributed by atoms with Gasteiger partial charge in [0.15, 0.2) is 0 Å². The zero-order valence-electron chi connectivity index (χ0n) is 38.9. The van der Waals surface area contributed by atoms with Crippen LogP contribution in [0.2, 0.25) is 0 Å². The molecule has 0 saturated carbocycles. The highest BCUT2D eigenvalue weighted by Gasteiger charge is 2.15. The predicted molar refractivity (Wildman–Crippen MR) is 289 cm³/mol. The minimum absolute atomic E-state index is 1.01. The molecule has 0 aliphatic rings. The summed E-state index contributed by atoms with van der Waals surface area (Å²) in [6, 6.07) is 43.0. The number of hydrogen-bond donors (Lipinski definition) is 0. The Morgan fingerprint density at radius 2 is 0.631 bits per heavy atom. The summed E-state index contributed by atoms with van der Waals surface area (Å²) in [6.07, 6.45) is 19.1. The number of benzene rings is 6. The normalized spacial score (nSPS) is 11.6. The van der Waals surface area contributed by atoms with Crippen LogP contribution in [0.25, 0.3) is 65.4 Å². The van der Waals surface area contributed by atoms with Gasteiger partial charge in [-0.1, -0.05) is 140 Å². The van der Waals surface area contributed by atoms with E-state index < -0.39 is 0 Å². The highest BCUT2D eigenvalue weighted by Crippen LogP contribution is 2.34. The first-order valence-electron chi connectivity index (χ1n) is 24.9. The number of halogens is 1. The van der Waals surface area contributed by atoms with Crippen LogP contribution in [0, 0.1) is 27.3 Å². The Balaban J connectivity index is 1.03. The Morgan fingerprint density at radius 3 is 1.02 bits per heavy atom. The lowest BCUT2D eigenvalue weighted by Gasteiger charge is -2.08. The Labute approximate surface area is 400 Å². The third-order valence-electron chi connectivity index (χ3n) is 13.6. The van der Waals surface area contributed by atoms with Gasteiger partial charge in [0.1, 0.15) is 0 Å². The van der Waals surface area contributed by atoms with Crippen molar-refractivity contribution < 1.29 is 0 Å². The molecule has 0 aliphatic heterocycles. The van der Waals surface area contributed by atoms with Gasteiger partial charge in [-0.15, -0.1) is 0 Å². The minimum Gasteiger partial charge on any atom is -0.340 e. The summed E-state index contributed by atoms with van der Waals surface area (Å²) >= 11 is 2.45. The summed E-state index contributed by atoms with van der Waals surface area (Å²) in [5, 5.41) is 7.73. The molecule has 0 amide bonds. The molecule has 6 aromatic carbocycles. The van der Waals surface area contributed by atoms with E-state index in [1.54, 1.807) is 0 Å². The number of rotatable bonds is 18. The van der Waals surface area contributed by atoms with Crippen LogP contribution in [-0.4, -0.2) is 13.7 Å². The van der Waals surface area contributed by atoms with Crippen LogP contribution < -0.4 is 0 Å². The van der Waals surface area contributed by atoms with Gasteiger partial charge >= 0.3 is 0 Å². The van der Waals surface area contributed by atoms with Gasteiger partial charge in [-0.25, -0.2) is 0 Å². The van der Waals surface area contributed by atoms with E-state index in [0.717, 1.165) is 41.9 Å². The molecular formula is C61H64IN3. The average molecular weight is 966 g/mol. The van der Waals surface area contributed by atoms with Gasteiger partial charge < -0.3 is 13.7 Å². The fourth-order valence-corrected chi connectivity index (χ4v) is 10.7. The first-order valence-corrected chi connectivity index (χ1v) is 25.9. The highest BCUT2D eigenvalue weighted by molar-refractivity contribution is 14.1. The van der Waals surface area contributed by atoms with Gasteiger partial charge in [-0.2, -0.15) is 0 Å². The molecule has 0 bridgehead atoms. The number of para-hydroxylation sites is 1. The standard InChI is InChI=1S/C61H64IN3/c1-4-7-10-13-18-37-63-56-22-17-16-21-50(56)51-40-45(27-32-57(51)63)23-24-46-28-33-58-52(41-46)53-42-47(29-34-59(53)64(58)38-19-14-11-8-5-2)25-26-48-30-35-60-54(43-48)55-44-49(62)31-36-61(55)65(60)39-20-15-12-9-6-3/h16-17,21-22,27-36,40-44H,4-15,18-20,37-39H2,1-3H3. The molecule has 330 valence electrons. The van der Waals surface area contributed by atoms with Gasteiger partial charge in [0.05, 0.1) is 0 Å². The fourth-order valence-electron chi connectivity index (χ4n) is 10.2. The zero-order valence-corrected chi connectivity index (χ0v) is 41.1. The molecule has 3 aromatic heterocycles. The van der Waals surface area contributed by atoms with Gasteiger partial charge in [-0.3, -0.25) is 0 Å². The number of unbranched alkanes of at least 4 members (excludes halogenated alkanes) is 12. The zero-order chi connectivity index (χ0) is 44.5. The van der Waals surface area contributed by atoms with Crippen molar-refractivity contribution in [3.05, 3.63) is 141 Å². The molecule has 0 unspecified atom stereocenters. The second-order valence-corrected chi connectivity index (χ2v) is 19.5. The van der Waals surface area contributed by atoms with Crippen molar-refractivity contribution >= 4 is 88.0 Å². The van der Waals surface area contributed by atoms with Crippen molar-refractivity contribution in [2.75, 3.05) is 0 Å². The van der Waals surface area contributed by atoms with Crippen LogP contribution in [0.4, 0.5) is 0 Å². The molecule has 0 fully saturated rings. The molecule has 0 atom stereocenters. The molecular weight excluding hydrogens is 902 g/mol. The quantitative estimate of drug-likeness (QED) is 0.0462. The van der Waals surface area contributed by atoms with Crippen LogP contribution in [0.5, 0.6) is 0 Å². The number of fused-ring (bicyclic) bond motifs is 9. The van der Waals surface area contributed by atoms with E-state index >= 15 is 0 Å². The number of aryl methyl sites for hydroxylation is 3. The maximum Gasteiger partial charge on any atom is 0.0492 e. The minimum atomic E-state index is 1.01. The van der Waals surface area contributed by atoms with E-state index in [4.69, 9.17) is 0 Å². The van der Waals surface area contributed by atoms with Crippen LogP contribution in [0.15, 0.2) is 115 Å².